The SMILES string of the molecule is CCC(C)n1nc(N(C)C)c(S(C)(=O)=O)c1N. The molecule has 1 unspecified atom stereocenters. The van der Waals surface area contributed by atoms with Crippen LogP contribution in [-0.2, 0) is 9.84 Å². The molecule has 1 aromatic rings. The number of hydrogen-bond acceptors (Lipinski definition) is 5. The van der Waals surface area contributed by atoms with Gasteiger partial charge in [-0.2, -0.15) is 5.10 Å². The first-order valence-corrected chi connectivity index (χ1v) is 7.34. The molecule has 6 nitrogen and oxygen atoms in total. The third-order valence-electron chi connectivity index (χ3n) is 2.69. The van der Waals surface area contributed by atoms with Crippen molar-refractivity contribution in [1.82, 2.24) is 9.78 Å². The van der Waals surface area contributed by atoms with E-state index in [0.29, 0.717) is 5.82 Å². The fraction of sp³-hybridized carbons (Fsp3) is 0.700. The van der Waals surface area contributed by atoms with Gasteiger partial charge in [-0.05, 0) is 13.3 Å². The van der Waals surface area contributed by atoms with Crippen molar-refractivity contribution in [2.45, 2.75) is 31.2 Å². The summed E-state index contributed by atoms with van der Waals surface area (Å²) in [4.78, 5) is 1.77. The van der Waals surface area contributed by atoms with Crippen LogP contribution in [0.5, 0.6) is 0 Å². The van der Waals surface area contributed by atoms with Crippen LogP contribution in [0.25, 0.3) is 0 Å². The summed E-state index contributed by atoms with van der Waals surface area (Å²) in [6, 6.07) is 0.0733. The maximum absolute atomic E-state index is 11.7. The Morgan fingerprint density at radius 3 is 2.29 bits per heavy atom. The fourth-order valence-electron chi connectivity index (χ4n) is 1.58. The summed E-state index contributed by atoms with van der Waals surface area (Å²) in [5.41, 5.74) is 5.90. The summed E-state index contributed by atoms with van der Waals surface area (Å²) in [7, 11) is 0.115. The molecule has 0 saturated heterocycles. The van der Waals surface area contributed by atoms with Gasteiger partial charge in [0.15, 0.2) is 20.6 Å². The Morgan fingerprint density at radius 2 is 2.00 bits per heavy atom. The first-order valence-electron chi connectivity index (χ1n) is 5.45. The lowest BCUT2D eigenvalue weighted by Gasteiger charge is -2.11. The van der Waals surface area contributed by atoms with Crippen LogP contribution in [0.15, 0.2) is 4.90 Å². The number of nitrogen functional groups attached to an aromatic ring is 1. The molecule has 7 heteroatoms. The quantitative estimate of drug-likeness (QED) is 0.870. The van der Waals surface area contributed by atoms with E-state index < -0.39 is 9.84 Å². The highest BCUT2D eigenvalue weighted by Crippen LogP contribution is 2.31. The van der Waals surface area contributed by atoms with Crippen LogP contribution in [-0.4, -0.2) is 38.5 Å². The second kappa shape index (κ2) is 4.56. The van der Waals surface area contributed by atoms with Crippen molar-refractivity contribution in [3.63, 3.8) is 0 Å². The zero-order valence-corrected chi connectivity index (χ0v) is 11.7. The van der Waals surface area contributed by atoms with E-state index in [4.69, 9.17) is 5.73 Å². The van der Waals surface area contributed by atoms with E-state index in [1.165, 1.54) is 0 Å². The minimum Gasteiger partial charge on any atom is -0.383 e. The van der Waals surface area contributed by atoms with Gasteiger partial charge < -0.3 is 10.6 Å². The van der Waals surface area contributed by atoms with Gasteiger partial charge in [-0.1, -0.05) is 6.92 Å². The van der Waals surface area contributed by atoms with Crippen molar-refractivity contribution in [1.29, 1.82) is 0 Å². The van der Waals surface area contributed by atoms with Gasteiger partial charge in [-0.3, -0.25) is 0 Å². The van der Waals surface area contributed by atoms with Gasteiger partial charge in [0, 0.05) is 20.4 Å². The molecule has 0 aliphatic carbocycles. The molecule has 0 amide bonds. The topological polar surface area (TPSA) is 81.2 Å². The van der Waals surface area contributed by atoms with Crippen LogP contribution >= 0.6 is 0 Å². The molecule has 1 aromatic heterocycles. The largest absolute Gasteiger partial charge is 0.383 e. The van der Waals surface area contributed by atoms with Gasteiger partial charge in [-0.15, -0.1) is 0 Å². The molecule has 1 heterocycles. The molecule has 1 rings (SSSR count). The first-order chi connectivity index (χ1) is 7.70. The number of rotatable bonds is 4. The van der Waals surface area contributed by atoms with Crippen molar-refractivity contribution < 1.29 is 8.42 Å². The Morgan fingerprint density at radius 1 is 1.47 bits per heavy atom. The summed E-state index contributed by atoms with van der Waals surface area (Å²) >= 11 is 0. The van der Waals surface area contributed by atoms with Crippen LogP contribution < -0.4 is 10.6 Å². The van der Waals surface area contributed by atoms with Crippen molar-refractivity contribution in [2.75, 3.05) is 31.0 Å². The monoisotopic (exact) mass is 260 g/mol. The molecule has 0 fully saturated rings. The molecule has 2 N–H and O–H groups in total. The number of anilines is 2. The third-order valence-corrected chi connectivity index (χ3v) is 3.82. The Labute approximate surface area is 102 Å². The highest BCUT2D eigenvalue weighted by Gasteiger charge is 2.26. The summed E-state index contributed by atoms with van der Waals surface area (Å²) < 4.78 is 25.1. The number of nitrogens with zero attached hydrogens (tertiary/aromatic N) is 3. The first kappa shape index (κ1) is 13.8. The average Bonchev–Trinajstić information content (AvgIpc) is 2.54. The lowest BCUT2D eigenvalue weighted by atomic mass is 10.3. The van der Waals surface area contributed by atoms with E-state index in [0.717, 1.165) is 12.7 Å². The normalized spacial score (nSPS) is 13.7. The Kier molecular flexibility index (Phi) is 3.71. The van der Waals surface area contributed by atoms with E-state index in [1.54, 1.807) is 23.7 Å². The fourth-order valence-corrected chi connectivity index (χ4v) is 2.61. The highest BCUT2D eigenvalue weighted by atomic mass is 32.2. The Balaban J connectivity index is 3.52. The molecule has 0 radical (unpaired) electrons. The Hall–Kier alpha value is -1.24. The lowest BCUT2D eigenvalue weighted by molar-refractivity contribution is 0.484. The van der Waals surface area contributed by atoms with Crippen LogP contribution in [0.3, 0.4) is 0 Å². The molecular formula is C10H20N4O2S. The molecule has 0 aliphatic rings. The van der Waals surface area contributed by atoms with Gasteiger partial charge in [0.05, 0.1) is 6.04 Å². The van der Waals surface area contributed by atoms with Gasteiger partial charge in [-0.25, -0.2) is 13.1 Å². The summed E-state index contributed by atoms with van der Waals surface area (Å²) in [5, 5.41) is 4.28. The Bertz CT molecular complexity index is 505. The minimum atomic E-state index is -3.38. The van der Waals surface area contributed by atoms with E-state index in [1.807, 2.05) is 13.8 Å². The van der Waals surface area contributed by atoms with Crippen LogP contribution in [0, 0.1) is 0 Å². The minimum absolute atomic E-state index is 0.0733. The number of nitrogens with two attached hydrogens (primary N) is 1. The number of hydrogen-bond donors (Lipinski definition) is 1. The van der Waals surface area contributed by atoms with Gasteiger partial charge in [0.1, 0.15) is 5.82 Å². The zero-order valence-electron chi connectivity index (χ0n) is 10.9. The van der Waals surface area contributed by atoms with E-state index in [2.05, 4.69) is 5.10 Å². The van der Waals surface area contributed by atoms with E-state index >= 15 is 0 Å². The van der Waals surface area contributed by atoms with Crippen LogP contribution in [0.4, 0.5) is 11.6 Å². The van der Waals surface area contributed by atoms with Crippen LogP contribution in [0.1, 0.15) is 26.3 Å². The maximum atomic E-state index is 11.7. The third kappa shape index (κ3) is 2.54. The zero-order chi connectivity index (χ0) is 13.4. The second-order valence-electron chi connectivity index (χ2n) is 4.41. The van der Waals surface area contributed by atoms with Gasteiger partial charge in [0.25, 0.3) is 0 Å². The van der Waals surface area contributed by atoms with Crippen LogP contribution in [0.2, 0.25) is 0 Å². The molecule has 1 atom stereocenters. The van der Waals surface area contributed by atoms with Crippen molar-refractivity contribution in [3.05, 3.63) is 0 Å². The molecular weight excluding hydrogens is 240 g/mol. The van der Waals surface area contributed by atoms with E-state index in [9.17, 15) is 8.42 Å². The molecule has 98 valence electrons. The van der Waals surface area contributed by atoms with E-state index in [-0.39, 0.29) is 16.8 Å². The molecule has 0 aliphatic heterocycles. The van der Waals surface area contributed by atoms with Crippen molar-refractivity contribution in [2.24, 2.45) is 0 Å². The summed E-state index contributed by atoms with van der Waals surface area (Å²) in [5.74, 6) is 0.607. The van der Waals surface area contributed by atoms with Gasteiger partial charge >= 0.3 is 0 Å². The predicted molar refractivity (Wildman–Crippen MR) is 69.1 cm³/mol. The number of sulfone groups is 1. The van der Waals surface area contributed by atoms with Crippen molar-refractivity contribution >= 4 is 21.5 Å². The molecule has 0 aromatic carbocycles. The van der Waals surface area contributed by atoms with Crippen molar-refractivity contribution in [3.8, 4) is 0 Å². The van der Waals surface area contributed by atoms with Gasteiger partial charge in [0.2, 0.25) is 0 Å². The predicted octanol–water partition coefficient (Wildman–Crippen LogP) is 0.906. The molecule has 0 saturated carbocycles. The summed E-state index contributed by atoms with van der Waals surface area (Å²) in [6.07, 6.45) is 1.98. The maximum Gasteiger partial charge on any atom is 0.182 e. The number of aromatic nitrogens is 2. The lowest BCUT2D eigenvalue weighted by Crippen LogP contribution is -2.13. The summed E-state index contributed by atoms with van der Waals surface area (Å²) in [6.45, 7) is 3.95. The highest BCUT2D eigenvalue weighted by molar-refractivity contribution is 7.91. The average molecular weight is 260 g/mol. The second-order valence-corrected chi connectivity index (χ2v) is 6.36. The smallest absolute Gasteiger partial charge is 0.182 e. The standard InChI is InChI=1S/C10H20N4O2S/c1-6-7(2)14-9(11)8(17(5,15)16)10(12-14)13(3)4/h7H,6,11H2,1-5H3. The molecule has 17 heavy (non-hydrogen) atoms. The molecule has 0 spiro atoms. The molecule has 0 bridgehead atoms.